The van der Waals surface area contributed by atoms with Crippen LogP contribution in [-0.4, -0.2) is 68.7 Å². The Bertz CT molecular complexity index is 566. The summed E-state index contributed by atoms with van der Waals surface area (Å²) in [7, 11) is 2.11. The summed E-state index contributed by atoms with van der Waals surface area (Å²) in [6, 6.07) is 4.80. The van der Waals surface area contributed by atoms with Crippen molar-refractivity contribution < 1.29 is 4.74 Å². The molecule has 1 saturated heterocycles. The maximum atomic E-state index is 5.55. The smallest absolute Gasteiger partial charge is 0.193 e. The van der Waals surface area contributed by atoms with Crippen molar-refractivity contribution in [2.24, 2.45) is 4.99 Å². The number of morpholine rings is 1. The van der Waals surface area contributed by atoms with Crippen molar-refractivity contribution in [1.82, 2.24) is 15.1 Å². The quantitative estimate of drug-likeness (QED) is 0.310. The number of ether oxygens (including phenoxy) is 1. The van der Waals surface area contributed by atoms with Crippen LogP contribution in [0.2, 0.25) is 0 Å². The molecule has 2 heterocycles. The van der Waals surface area contributed by atoms with Crippen LogP contribution in [0.25, 0.3) is 0 Å². The molecule has 1 N–H and O–H groups in total. The highest BCUT2D eigenvalue weighted by Gasteiger charge is 2.24. The van der Waals surface area contributed by atoms with Crippen molar-refractivity contribution in [2.45, 2.75) is 32.7 Å². The Labute approximate surface area is 162 Å². The summed E-state index contributed by atoms with van der Waals surface area (Å²) in [6.07, 6.45) is 4.11. The zero-order chi connectivity index (χ0) is 18.8. The number of hydrogen-bond donors (Lipinski definition) is 1. The fourth-order valence-corrected chi connectivity index (χ4v) is 4.13. The first-order chi connectivity index (χ1) is 12.7. The van der Waals surface area contributed by atoms with E-state index in [1.54, 1.807) is 0 Å². The van der Waals surface area contributed by atoms with Gasteiger partial charge in [-0.15, -0.1) is 17.9 Å². The number of aryl methyl sites for hydroxylation is 1. The topological polar surface area (TPSA) is 40.1 Å². The van der Waals surface area contributed by atoms with Gasteiger partial charge in [0.15, 0.2) is 5.96 Å². The van der Waals surface area contributed by atoms with Gasteiger partial charge in [-0.1, -0.05) is 6.08 Å². The largest absolute Gasteiger partial charge is 0.379 e. The highest BCUT2D eigenvalue weighted by Crippen LogP contribution is 2.28. The number of hydrogen-bond acceptors (Lipinski definition) is 4. The Hall–Kier alpha value is -1.37. The fourth-order valence-electron chi connectivity index (χ4n) is 3.13. The van der Waals surface area contributed by atoms with Crippen molar-refractivity contribution in [1.29, 1.82) is 0 Å². The van der Waals surface area contributed by atoms with Gasteiger partial charge in [0.25, 0.3) is 0 Å². The summed E-state index contributed by atoms with van der Waals surface area (Å²) < 4.78 is 5.55. The Balaban J connectivity index is 2.10. The Morgan fingerprint density at radius 2 is 2.23 bits per heavy atom. The Kier molecular flexibility index (Phi) is 9.15. The maximum absolute atomic E-state index is 5.55. The van der Waals surface area contributed by atoms with Crippen LogP contribution in [0.15, 0.2) is 29.8 Å². The molecular formula is C20H34N4OS. The SMILES string of the molecule is C=CCCCN(C)C(=NCC(c1ccc(C)s1)N1CCOCC1)NCC. The van der Waals surface area contributed by atoms with Crippen molar-refractivity contribution in [3.63, 3.8) is 0 Å². The average Bonchev–Trinajstić information content (AvgIpc) is 3.08. The lowest BCUT2D eigenvalue weighted by atomic mass is 10.2. The van der Waals surface area contributed by atoms with Crippen LogP contribution < -0.4 is 5.32 Å². The van der Waals surface area contributed by atoms with E-state index in [2.05, 4.69) is 54.7 Å². The molecular weight excluding hydrogens is 344 g/mol. The normalized spacial score (nSPS) is 17.1. The Morgan fingerprint density at radius 1 is 1.46 bits per heavy atom. The highest BCUT2D eigenvalue weighted by molar-refractivity contribution is 7.12. The molecule has 0 amide bonds. The number of aliphatic imine (C=N–C) groups is 1. The lowest BCUT2D eigenvalue weighted by Gasteiger charge is -2.33. The molecule has 6 heteroatoms. The number of unbranched alkanes of at least 4 members (excludes halogenated alkanes) is 1. The molecule has 146 valence electrons. The van der Waals surface area contributed by atoms with Gasteiger partial charge in [-0.2, -0.15) is 0 Å². The first-order valence-electron chi connectivity index (χ1n) is 9.64. The number of guanidine groups is 1. The van der Waals surface area contributed by atoms with Crippen LogP contribution in [0, 0.1) is 6.92 Å². The zero-order valence-electron chi connectivity index (χ0n) is 16.5. The van der Waals surface area contributed by atoms with Gasteiger partial charge >= 0.3 is 0 Å². The van der Waals surface area contributed by atoms with E-state index in [0.717, 1.165) is 64.7 Å². The third kappa shape index (κ3) is 6.41. The van der Waals surface area contributed by atoms with E-state index in [9.17, 15) is 0 Å². The van der Waals surface area contributed by atoms with Crippen LogP contribution in [0.1, 0.15) is 35.6 Å². The maximum Gasteiger partial charge on any atom is 0.193 e. The van der Waals surface area contributed by atoms with Gasteiger partial charge in [0.1, 0.15) is 0 Å². The second-order valence-electron chi connectivity index (χ2n) is 6.66. The van der Waals surface area contributed by atoms with Gasteiger partial charge in [-0.05, 0) is 38.8 Å². The predicted molar refractivity (Wildman–Crippen MR) is 112 cm³/mol. The number of allylic oxidation sites excluding steroid dienone is 1. The molecule has 0 radical (unpaired) electrons. The molecule has 26 heavy (non-hydrogen) atoms. The summed E-state index contributed by atoms with van der Waals surface area (Å²) in [4.78, 5) is 12.5. The van der Waals surface area contributed by atoms with Gasteiger partial charge in [-0.3, -0.25) is 9.89 Å². The molecule has 1 aromatic rings. The molecule has 5 nitrogen and oxygen atoms in total. The van der Waals surface area contributed by atoms with E-state index in [-0.39, 0.29) is 0 Å². The zero-order valence-corrected chi connectivity index (χ0v) is 17.4. The summed E-state index contributed by atoms with van der Waals surface area (Å²) in [5.41, 5.74) is 0. The van der Waals surface area contributed by atoms with E-state index in [1.807, 2.05) is 17.4 Å². The van der Waals surface area contributed by atoms with Crippen LogP contribution in [0.3, 0.4) is 0 Å². The lowest BCUT2D eigenvalue weighted by Crippen LogP contribution is -2.42. The monoisotopic (exact) mass is 378 g/mol. The summed E-state index contributed by atoms with van der Waals surface area (Å²) in [6.45, 7) is 14.3. The first kappa shape index (κ1) is 20.9. The summed E-state index contributed by atoms with van der Waals surface area (Å²) in [5.74, 6) is 0.989. The summed E-state index contributed by atoms with van der Waals surface area (Å²) in [5, 5.41) is 3.43. The van der Waals surface area contributed by atoms with E-state index in [4.69, 9.17) is 9.73 Å². The fraction of sp³-hybridized carbons (Fsp3) is 0.650. The minimum atomic E-state index is 0.327. The molecule has 0 bridgehead atoms. The van der Waals surface area contributed by atoms with E-state index < -0.39 is 0 Å². The van der Waals surface area contributed by atoms with E-state index in [0.29, 0.717) is 6.04 Å². The minimum absolute atomic E-state index is 0.327. The molecule has 0 aromatic carbocycles. The molecule has 1 atom stereocenters. The average molecular weight is 379 g/mol. The van der Waals surface area contributed by atoms with E-state index >= 15 is 0 Å². The Morgan fingerprint density at radius 3 is 2.85 bits per heavy atom. The van der Waals surface area contributed by atoms with Gasteiger partial charge < -0.3 is 15.0 Å². The molecule has 1 fully saturated rings. The second-order valence-corrected chi connectivity index (χ2v) is 7.98. The number of rotatable bonds is 9. The van der Waals surface area contributed by atoms with Crippen molar-refractivity contribution in [3.05, 3.63) is 34.5 Å². The van der Waals surface area contributed by atoms with Gasteiger partial charge in [-0.25, -0.2) is 0 Å². The lowest BCUT2D eigenvalue weighted by molar-refractivity contribution is 0.0186. The second kappa shape index (κ2) is 11.4. The molecule has 0 spiro atoms. The first-order valence-corrected chi connectivity index (χ1v) is 10.5. The van der Waals surface area contributed by atoms with Crippen molar-refractivity contribution in [2.75, 3.05) is 53.0 Å². The molecule has 1 aromatic heterocycles. The predicted octanol–water partition coefficient (Wildman–Crippen LogP) is 3.29. The molecule has 1 aliphatic rings. The standard InChI is InChI=1S/C20H34N4OS/c1-5-7-8-11-23(4)20(21-6-2)22-16-18(19-10-9-17(3)26-19)24-12-14-25-15-13-24/h5,9-10,18H,1,6-8,11-16H2,2-4H3,(H,21,22). The third-order valence-electron chi connectivity index (χ3n) is 4.59. The molecule has 1 aliphatic heterocycles. The van der Waals surface area contributed by atoms with Gasteiger partial charge in [0.05, 0.1) is 25.8 Å². The third-order valence-corrected chi connectivity index (χ3v) is 5.69. The number of thiophene rings is 1. The van der Waals surface area contributed by atoms with E-state index in [1.165, 1.54) is 9.75 Å². The number of nitrogens with zero attached hydrogens (tertiary/aromatic N) is 3. The van der Waals surface area contributed by atoms with Crippen LogP contribution in [-0.2, 0) is 4.74 Å². The van der Waals surface area contributed by atoms with Crippen LogP contribution in [0.5, 0.6) is 0 Å². The highest BCUT2D eigenvalue weighted by atomic mass is 32.1. The van der Waals surface area contributed by atoms with Gasteiger partial charge in [0.2, 0.25) is 0 Å². The van der Waals surface area contributed by atoms with Crippen molar-refractivity contribution >= 4 is 17.3 Å². The minimum Gasteiger partial charge on any atom is -0.379 e. The van der Waals surface area contributed by atoms with Gasteiger partial charge in [0, 0.05) is 43.0 Å². The molecule has 2 rings (SSSR count). The van der Waals surface area contributed by atoms with Crippen molar-refractivity contribution in [3.8, 4) is 0 Å². The molecule has 0 aliphatic carbocycles. The summed E-state index contributed by atoms with van der Waals surface area (Å²) >= 11 is 1.88. The van der Waals surface area contributed by atoms with Crippen LogP contribution in [0.4, 0.5) is 0 Å². The molecule has 0 saturated carbocycles. The number of nitrogens with one attached hydrogen (secondary N) is 1. The molecule has 1 unspecified atom stereocenters. The van der Waals surface area contributed by atoms with Crippen LogP contribution >= 0.6 is 11.3 Å².